The number of rotatable bonds is 4. The van der Waals surface area contributed by atoms with Gasteiger partial charge in [0, 0.05) is 15.7 Å². The Balaban J connectivity index is 2.24. The molecule has 0 saturated carbocycles. The fourth-order valence-electron chi connectivity index (χ4n) is 2.07. The van der Waals surface area contributed by atoms with E-state index in [0.717, 1.165) is 16.6 Å². The van der Waals surface area contributed by atoms with Gasteiger partial charge in [-0.15, -0.1) is 0 Å². The molecule has 0 heterocycles. The average molecular weight is 322 g/mol. The molecule has 0 aliphatic rings. The first kappa shape index (κ1) is 14.1. The molecule has 1 atom stereocenters. The van der Waals surface area contributed by atoms with Crippen molar-refractivity contribution < 1.29 is 4.39 Å². The number of hydrogen-bond donors (Lipinski definition) is 1. The maximum absolute atomic E-state index is 13.5. The smallest absolute Gasteiger partial charge is 0.128 e. The van der Waals surface area contributed by atoms with Crippen molar-refractivity contribution >= 4 is 21.6 Å². The van der Waals surface area contributed by atoms with Crippen LogP contribution in [-0.2, 0) is 0 Å². The molecular formula is C16H17BrFN. The lowest BCUT2D eigenvalue weighted by atomic mass is 10.0. The molecule has 2 aromatic carbocycles. The Kier molecular flexibility index (Phi) is 4.59. The summed E-state index contributed by atoms with van der Waals surface area (Å²) >= 11 is 3.43. The molecule has 2 rings (SSSR count). The summed E-state index contributed by atoms with van der Waals surface area (Å²) in [6.07, 6.45) is 0.942. The van der Waals surface area contributed by atoms with Crippen LogP contribution in [0, 0.1) is 12.7 Å². The monoisotopic (exact) mass is 321 g/mol. The van der Waals surface area contributed by atoms with Gasteiger partial charge in [0.05, 0.1) is 6.04 Å². The van der Waals surface area contributed by atoms with Gasteiger partial charge in [0.2, 0.25) is 0 Å². The number of halogens is 2. The Morgan fingerprint density at radius 1 is 1.16 bits per heavy atom. The third-order valence-electron chi connectivity index (χ3n) is 3.28. The fourth-order valence-corrected chi connectivity index (χ4v) is 2.33. The minimum Gasteiger partial charge on any atom is -0.378 e. The Hall–Kier alpha value is -1.35. The quantitative estimate of drug-likeness (QED) is 0.788. The molecule has 1 unspecified atom stereocenters. The van der Waals surface area contributed by atoms with Gasteiger partial charge < -0.3 is 5.32 Å². The highest BCUT2D eigenvalue weighted by Crippen LogP contribution is 2.26. The van der Waals surface area contributed by atoms with E-state index in [2.05, 4.69) is 40.3 Å². The van der Waals surface area contributed by atoms with Crippen LogP contribution in [0.2, 0.25) is 0 Å². The lowest BCUT2D eigenvalue weighted by Crippen LogP contribution is -2.10. The van der Waals surface area contributed by atoms with Crippen LogP contribution in [-0.4, -0.2) is 0 Å². The van der Waals surface area contributed by atoms with Gasteiger partial charge in [-0.3, -0.25) is 0 Å². The molecule has 100 valence electrons. The summed E-state index contributed by atoms with van der Waals surface area (Å²) in [5, 5.41) is 3.42. The van der Waals surface area contributed by atoms with E-state index in [1.54, 1.807) is 13.0 Å². The third-order valence-corrected chi connectivity index (χ3v) is 3.81. The van der Waals surface area contributed by atoms with Crippen LogP contribution in [0.1, 0.15) is 30.5 Å². The van der Waals surface area contributed by atoms with E-state index in [4.69, 9.17) is 0 Å². The van der Waals surface area contributed by atoms with E-state index in [1.165, 1.54) is 11.6 Å². The zero-order valence-electron chi connectivity index (χ0n) is 11.1. The molecule has 0 aliphatic carbocycles. The van der Waals surface area contributed by atoms with Gasteiger partial charge in [0.1, 0.15) is 5.82 Å². The highest BCUT2D eigenvalue weighted by Gasteiger charge is 2.11. The first-order valence-electron chi connectivity index (χ1n) is 6.39. The second-order valence-corrected chi connectivity index (χ2v) is 5.48. The molecule has 0 aromatic heterocycles. The zero-order chi connectivity index (χ0) is 13.8. The molecule has 19 heavy (non-hydrogen) atoms. The van der Waals surface area contributed by atoms with E-state index >= 15 is 0 Å². The molecular weight excluding hydrogens is 305 g/mol. The second-order valence-electron chi connectivity index (χ2n) is 4.57. The molecule has 0 spiro atoms. The third kappa shape index (κ3) is 3.35. The number of anilines is 1. The molecule has 0 bridgehead atoms. The van der Waals surface area contributed by atoms with E-state index < -0.39 is 0 Å². The van der Waals surface area contributed by atoms with Crippen molar-refractivity contribution in [1.29, 1.82) is 0 Å². The minimum atomic E-state index is -0.171. The van der Waals surface area contributed by atoms with Crippen molar-refractivity contribution in [3.05, 3.63) is 63.9 Å². The maximum atomic E-state index is 13.5. The lowest BCUT2D eigenvalue weighted by molar-refractivity contribution is 0.618. The van der Waals surface area contributed by atoms with Gasteiger partial charge in [0.15, 0.2) is 0 Å². The predicted octanol–water partition coefficient (Wildman–Crippen LogP) is 5.46. The van der Waals surface area contributed by atoms with E-state index in [1.807, 2.05) is 18.2 Å². The van der Waals surface area contributed by atoms with Crippen LogP contribution in [0.25, 0.3) is 0 Å². The summed E-state index contributed by atoms with van der Waals surface area (Å²) < 4.78 is 14.6. The van der Waals surface area contributed by atoms with Gasteiger partial charge in [-0.25, -0.2) is 4.39 Å². The van der Waals surface area contributed by atoms with Gasteiger partial charge in [-0.05, 0) is 43.2 Å². The van der Waals surface area contributed by atoms with Crippen molar-refractivity contribution in [2.75, 3.05) is 5.32 Å². The zero-order valence-corrected chi connectivity index (χ0v) is 12.7. The number of hydrogen-bond acceptors (Lipinski definition) is 1. The SMILES string of the molecule is CCC(Nc1cccc(F)c1C)c1ccc(Br)cc1. The summed E-state index contributed by atoms with van der Waals surface area (Å²) in [4.78, 5) is 0. The molecule has 0 saturated heterocycles. The van der Waals surface area contributed by atoms with Gasteiger partial charge >= 0.3 is 0 Å². The van der Waals surface area contributed by atoms with E-state index in [0.29, 0.717) is 5.56 Å². The van der Waals surface area contributed by atoms with Crippen LogP contribution >= 0.6 is 15.9 Å². The van der Waals surface area contributed by atoms with Crippen LogP contribution in [0.3, 0.4) is 0 Å². The van der Waals surface area contributed by atoms with Crippen LogP contribution in [0.5, 0.6) is 0 Å². The maximum Gasteiger partial charge on any atom is 0.128 e. The molecule has 3 heteroatoms. The van der Waals surface area contributed by atoms with E-state index in [-0.39, 0.29) is 11.9 Å². The summed E-state index contributed by atoms with van der Waals surface area (Å²) in [7, 11) is 0. The van der Waals surface area contributed by atoms with E-state index in [9.17, 15) is 4.39 Å². The van der Waals surface area contributed by atoms with Gasteiger partial charge in [-0.2, -0.15) is 0 Å². The summed E-state index contributed by atoms with van der Waals surface area (Å²) in [5.41, 5.74) is 2.72. The summed E-state index contributed by atoms with van der Waals surface area (Å²) in [5.74, 6) is -0.171. The Labute approximate surface area is 122 Å². The molecule has 0 radical (unpaired) electrons. The first-order valence-corrected chi connectivity index (χ1v) is 7.18. The van der Waals surface area contributed by atoms with Crippen molar-refractivity contribution in [2.24, 2.45) is 0 Å². The van der Waals surface area contributed by atoms with Gasteiger partial charge in [0.25, 0.3) is 0 Å². The lowest BCUT2D eigenvalue weighted by Gasteiger charge is -2.20. The number of nitrogens with one attached hydrogen (secondary N) is 1. The highest BCUT2D eigenvalue weighted by atomic mass is 79.9. The van der Waals surface area contributed by atoms with Crippen LogP contribution < -0.4 is 5.32 Å². The summed E-state index contributed by atoms with van der Waals surface area (Å²) in [6.45, 7) is 3.92. The van der Waals surface area contributed by atoms with Crippen LogP contribution in [0.4, 0.5) is 10.1 Å². The van der Waals surface area contributed by atoms with Crippen molar-refractivity contribution in [2.45, 2.75) is 26.3 Å². The van der Waals surface area contributed by atoms with Crippen LogP contribution in [0.15, 0.2) is 46.9 Å². The van der Waals surface area contributed by atoms with Gasteiger partial charge in [-0.1, -0.05) is 41.1 Å². The predicted molar refractivity (Wildman–Crippen MR) is 81.9 cm³/mol. The Morgan fingerprint density at radius 3 is 2.47 bits per heavy atom. The van der Waals surface area contributed by atoms with Crippen molar-refractivity contribution in [3.63, 3.8) is 0 Å². The number of benzene rings is 2. The topological polar surface area (TPSA) is 12.0 Å². The summed E-state index contributed by atoms with van der Waals surface area (Å²) in [6, 6.07) is 13.5. The normalized spacial score (nSPS) is 12.2. The molecule has 1 nitrogen and oxygen atoms in total. The largest absolute Gasteiger partial charge is 0.378 e. The minimum absolute atomic E-state index is 0.171. The molecule has 0 aliphatic heterocycles. The molecule has 1 N–H and O–H groups in total. The fraction of sp³-hybridized carbons (Fsp3) is 0.250. The van der Waals surface area contributed by atoms with Crippen molar-refractivity contribution in [3.8, 4) is 0 Å². The standard InChI is InChI=1S/C16H17BrFN/c1-3-15(12-7-9-13(17)10-8-12)19-16-6-4-5-14(18)11(16)2/h4-10,15,19H,3H2,1-2H3. The van der Waals surface area contributed by atoms with Crippen molar-refractivity contribution in [1.82, 2.24) is 0 Å². The first-order chi connectivity index (χ1) is 9.11. The second kappa shape index (κ2) is 6.20. The Bertz CT molecular complexity index is 551. The highest BCUT2D eigenvalue weighted by molar-refractivity contribution is 9.10. The molecule has 0 amide bonds. The Morgan fingerprint density at radius 2 is 1.84 bits per heavy atom. The molecule has 2 aromatic rings. The molecule has 0 fully saturated rings. The average Bonchev–Trinajstić information content (AvgIpc) is 2.42.